The summed E-state index contributed by atoms with van der Waals surface area (Å²) in [4.78, 5) is 25.0. The Hall–Kier alpha value is -3.36. The van der Waals surface area contributed by atoms with E-state index in [9.17, 15) is 32.3 Å². The smallest absolute Gasteiger partial charge is 0.416 e. The fourth-order valence-electron chi connectivity index (χ4n) is 3.38. The van der Waals surface area contributed by atoms with Crippen molar-refractivity contribution in [2.75, 3.05) is 5.32 Å². The van der Waals surface area contributed by atoms with Crippen LogP contribution in [0.25, 0.3) is 0 Å². The van der Waals surface area contributed by atoms with Crippen molar-refractivity contribution < 1.29 is 32.3 Å². The maximum absolute atomic E-state index is 14.7. The number of alkyl halides is 3. The number of benzene rings is 2. The Morgan fingerprint density at radius 1 is 1.16 bits per heavy atom. The van der Waals surface area contributed by atoms with Gasteiger partial charge in [0.2, 0.25) is 0 Å². The number of hydrogen-bond acceptors (Lipinski definition) is 4. The van der Waals surface area contributed by atoms with Crippen LogP contribution in [0, 0.1) is 17.1 Å². The molecule has 0 saturated heterocycles. The van der Waals surface area contributed by atoms with E-state index in [0.717, 1.165) is 24.3 Å². The number of allylic oxidation sites excluding steroid dienone is 1. The van der Waals surface area contributed by atoms with E-state index in [-0.39, 0.29) is 41.0 Å². The predicted molar refractivity (Wildman–Crippen MR) is 135 cm³/mol. The number of rotatable bonds is 4. The number of ketones is 1. The Kier molecular flexibility index (Phi) is 9.89. The van der Waals surface area contributed by atoms with Gasteiger partial charge in [-0.15, -0.1) is 0 Å². The molecule has 198 valence electrons. The van der Waals surface area contributed by atoms with Crippen molar-refractivity contribution >= 4 is 36.0 Å². The lowest BCUT2D eigenvalue weighted by Gasteiger charge is -2.26. The van der Waals surface area contributed by atoms with Gasteiger partial charge in [0.05, 0.1) is 28.8 Å². The number of Topliss-reactive ketones (excluding diaryl/α,β-unsaturated/α-hetero) is 1. The van der Waals surface area contributed by atoms with E-state index in [0.29, 0.717) is 6.42 Å². The highest BCUT2D eigenvalue weighted by Crippen LogP contribution is 2.33. The van der Waals surface area contributed by atoms with Crippen molar-refractivity contribution in [3.63, 3.8) is 0 Å². The monoisotopic (exact) mass is 555 g/mol. The number of aliphatic hydroxyl groups excluding tert-OH is 1. The minimum absolute atomic E-state index is 0.00610. The van der Waals surface area contributed by atoms with Crippen molar-refractivity contribution in [1.82, 2.24) is 5.32 Å². The van der Waals surface area contributed by atoms with E-state index in [1.807, 2.05) is 0 Å². The van der Waals surface area contributed by atoms with Gasteiger partial charge in [0.1, 0.15) is 19.0 Å². The average Bonchev–Trinajstić information content (AvgIpc) is 2.76. The normalized spacial score (nSPS) is 14.7. The number of nitrogens with zero attached hydrogens (tertiary/aromatic N) is 1. The molecule has 0 aliphatic heterocycles. The lowest BCUT2D eigenvalue weighted by molar-refractivity contribution is -0.137. The quantitative estimate of drug-likeness (QED) is 0.211. The number of halogens is 5. The van der Waals surface area contributed by atoms with Crippen LogP contribution in [0.1, 0.15) is 42.0 Å². The second-order valence-electron chi connectivity index (χ2n) is 9.16. The molecule has 0 aromatic heterocycles. The Balaban J connectivity index is 0.000000877. The van der Waals surface area contributed by atoms with Gasteiger partial charge in [-0.3, -0.25) is 4.79 Å². The lowest BCUT2D eigenvalue weighted by atomic mass is 9.87. The maximum atomic E-state index is 14.7. The zero-order valence-electron chi connectivity index (χ0n) is 20.3. The first-order valence-corrected chi connectivity index (χ1v) is 15.7. The van der Waals surface area contributed by atoms with Crippen LogP contribution in [0.15, 0.2) is 53.8 Å². The van der Waals surface area contributed by atoms with Crippen molar-refractivity contribution in [3.8, 4) is 6.07 Å². The molecule has 1 atom stereocenters. The highest BCUT2D eigenvalue weighted by atomic mass is 35.6. The summed E-state index contributed by atoms with van der Waals surface area (Å²) in [6, 6.07) is 6.62. The molecule has 0 radical (unpaired) electrons. The first kappa shape index (κ1) is 29.9. The van der Waals surface area contributed by atoms with Crippen LogP contribution in [-0.4, -0.2) is 24.3 Å². The van der Waals surface area contributed by atoms with Gasteiger partial charge in [0.15, 0.2) is 5.78 Å². The molecule has 2 aromatic carbocycles. The summed E-state index contributed by atoms with van der Waals surface area (Å²) < 4.78 is 53.4. The molecule has 1 aliphatic carbocycles. The summed E-state index contributed by atoms with van der Waals surface area (Å²) in [6.07, 6.45) is -4.02. The van der Waals surface area contributed by atoms with Gasteiger partial charge in [-0.1, -0.05) is 31.8 Å². The van der Waals surface area contributed by atoms with Gasteiger partial charge in [-0.05, 0) is 36.8 Å². The van der Waals surface area contributed by atoms with Crippen LogP contribution in [0.2, 0.25) is 19.6 Å². The summed E-state index contributed by atoms with van der Waals surface area (Å²) in [5, 5.41) is 23.8. The topological polar surface area (TPSA) is 102 Å². The lowest BCUT2D eigenvalue weighted by Crippen LogP contribution is -2.37. The molecule has 2 aromatic rings. The summed E-state index contributed by atoms with van der Waals surface area (Å²) in [6.45, 7) is 6.28. The molecular formula is C25H26ClF4N3O3Si. The Bertz CT molecular complexity index is 1230. The summed E-state index contributed by atoms with van der Waals surface area (Å²) in [7, 11) is -1.14. The number of urea groups is 1. The fourth-order valence-corrected chi connectivity index (χ4v) is 3.38. The first-order chi connectivity index (χ1) is 17.1. The molecule has 1 unspecified atom stereocenters. The van der Waals surface area contributed by atoms with Gasteiger partial charge < -0.3 is 15.7 Å². The molecule has 6 nitrogen and oxygen atoms in total. The Morgan fingerprint density at radius 3 is 2.35 bits per heavy atom. The molecule has 0 spiro atoms. The molecule has 1 aliphatic rings. The summed E-state index contributed by atoms with van der Waals surface area (Å²) in [5.41, 5.74) is -1.54. The summed E-state index contributed by atoms with van der Waals surface area (Å²) >= 11 is 5.67. The number of nitrogens with one attached hydrogen (secondary N) is 2. The Labute approximate surface area is 217 Å². The SMILES string of the molecule is C[Si](C)(C)Cl.N#Cc1ccc(C(NC(=O)Nc2cccc(C(F)(F)F)c2)C2=C(O)CCCC2=O)c(F)c1. The molecule has 3 rings (SSSR count). The third-order valence-corrected chi connectivity index (χ3v) is 4.88. The molecule has 2 amide bonds. The zero-order chi connectivity index (χ0) is 28.0. The van der Waals surface area contributed by atoms with Gasteiger partial charge in [-0.2, -0.15) is 29.5 Å². The highest BCUT2D eigenvalue weighted by Gasteiger charge is 2.33. The van der Waals surface area contributed by atoms with E-state index in [4.69, 9.17) is 16.3 Å². The molecule has 12 heteroatoms. The number of carbonyl (C=O) groups excluding carboxylic acids is 2. The molecule has 37 heavy (non-hydrogen) atoms. The third-order valence-electron chi connectivity index (χ3n) is 4.88. The molecule has 3 N–H and O–H groups in total. The standard InChI is InChI=1S/C22H17F4N3O3.C3H9ClSi/c23-16-9-12(11-27)7-8-15(16)20(19-17(30)5-2-6-18(19)31)29-21(32)28-14-4-1-3-13(10-14)22(24,25)26;1-5(2,3)4/h1,3-4,7-10,20,30H,2,5-6H2,(H2,28,29,32);1-3H3. The first-order valence-electron chi connectivity index (χ1n) is 11.2. The third kappa shape index (κ3) is 9.22. The van der Waals surface area contributed by atoms with Crippen molar-refractivity contribution in [3.05, 3.63) is 76.3 Å². The molecular weight excluding hydrogens is 530 g/mol. The minimum atomic E-state index is -4.62. The van der Waals surface area contributed by atoms with E-state index in [1.54, 1.807) is 6.07 Å². The molecule has 0 saturated carbocycles. The Morgan fingerprint density at radius 2 is 1.81 bits per heavy atom. The number of carbonyl (C=O) groups is 2. The van der Waals surface area contributed by atoms with Crippen LogP contribution in [0.3, 0.4) is 0 Å². The van der Waals surface area contributed by atoms with Crippen molar-refractivity contribution in [1.29, 1.82) is 5.26 Å². The molecule has 0 bridgehead atoms. The van der Waals surface area contributed by atoms with Gasteiger partial charge in [0.25, 0.3) is 0 Å². The van der Waals surface area contributed by atoms with Gasteiger partial charge >= 0.3 is 12.2 Å². The van der Waals surface area contributed by atoms with Crippen LogP contribution in [0.4, 0.5) is 28.0 Å². The van der Waals surface area contributed by atoms with E-state index in [1.165, 1.54) is 18.2 Å². The number of anilines is 1. The van der Waals surface area contributed by atoms with Crippen molar-refractivity contribution in [2.24, 2.45) is 0 Å². The molecule has 0 heterocycles. The van der Waals surface area contributed by atoms with E-state index in [2.05, 4.69) is 30.3 Å². The van der Waals surface area contributed by atoms with Gasteiger partial charge in [0, 0.05) is 24.1 Å². The van der Waals surface area contributed by atoms with Crippen LogP contribution in [0.5, 0.6) is 0 Å². The predicted octanol–water partition coefficient (Wildman–Crippen LogP) is 7.20. The average molecular weight is 556 g/mol. The van der Waals surface area contributed by atoms with Crippen LogP contribution < -0.4 is 10.6 Å². The van der Waals surface area contributed by atoms with Crippen molar-refractivity contribution in [2.45, 2.75) is 51.1 Å². The zero-order valence-corrected chi connectivity index (χ0v) is 22.1. The fraction of sp³-hybridized carbons (Fsp3) is 0.320. The van der Waals surface area contributed by atoms with Gasteiger partial charge in [-0.25, -0.2) is 9.18 Å². The maximum Gasteiger partial charge on any atom is 0.416 e. The van der Waals surface area contributed by atoms with Crippen LogP contribution >= 0.6 is 11.1 Å². The number of aliphatic hydroxyl groups is 1. The summed E-state index contributed by atoms with van der Waals surface area (Å²) in [5.74, 6) is -1.71. The van der Waals surface area contributed by atoms with E-state index >= 15 is 0 Å². The van der Waals surface area contributed by atoms with E-state index < -0.39 is 42.8 Å². The second kappa shape index (κ2) is 12.3. The molecule has 0 fully saturated rings. The number of nitriles is 1. The van der Waals surface area contributed by atoms with Crippen LogP contribution in [-0.2, 0) is 11.0 Å². The minimum Gasteiger partial charge on any atom is -0.512 e. The largest absolute Gasteiger partial charge is 0.512 e. The second-order valence-corrected chi connectivity index (χ2v) is 16.7. The highest BCUT2D eigenvalue weighted by molar-refractivity contribution is 7.18. The number of hydrogen-bond donors (Lipinski definition) is 3. The number of amides is 2.